The molecule has 1 aromatic carbocycles. The number of carbonyl (C=O) groups excluding carboxylic acids is 1. The number of carbonyl (C=O) groups is 1. The van der Waals surface area contributed by atoms with Crippen LogP contribution in [-0.2, 0) is 14.6 Å². The van der Waals surface area contributed by atoms with Crippen molar-refractivity contribution in [3.8, 4) is 0 Å². The number of amides is 1. The molecule has 0 aromatic heterocycles. The van der Waals surface area contributed by atoms with Crippen LogP contribution in [0.2, 0.25) is 0 Å². The first-order valence-corrected chi connectivity index (χ1v) is 7.93. The van der Waals surface area contributed by atoms with Gasteiger partial charge in [0.15, 0.2) is 15.7 Å². The summed E-state index contributed by atoms with van der Waals surface area (Å²) in [5.74, 6) is -2.39. The molecule has 114 valence electrons. The Morgan fingerprint density at radius 3 is 2.76 bits per heavy atom. The van der Waals surface area contributed by atoms with Crippen LogP contribution in [0.4, 0.5) is 10.1 Å². The maximum atomic E-state index is 13.5. The second-order valence-corrected chi connectivity index (χ2v) is 7.00. The summed E-state index contributed by atoms with van der Waals surface area (Å²) in [6.45, 7) is 0. The Labute approximate surface area is 120 Å². The monoisotopic (exact) mass is 315 g/mol. The number of amidine groups is 1. The Morgan fingerprint density at radius 2 is 2.19 bits per heavy atom. The largest absolute Gasteiger partial charge is 0.409 e. The van der Waals surface area contributed by atoms with Gasteiger partial charge in [-0.15, -0.1) is 0 Å². The van der Waals surface area contributed by atoms with Crippen LogP contribution in [0.15, 0.2) is 23.4 Å². The lowest BCUT2D eigenvalue weighted by atomic mass is 10.1. The number of hydrogen-bond acceptors (Lipinski definition) is 5. The molecule has 1 aliphatic heterocycles. The van der Waals surface area contributed by atoms with E-state index in [2.05, 4.69) is 10.5 Å². The molecular weight excluding hydrogens is 301 g/mol. The highest BCUT2D eigenvalue weighted by Crippen LogP contribution is 2.21. The summed E-state index contributed by atoms with van der Waals surface area (Å²) >= 11 is 0. The maximum absolute atomic E-state index is 13.5. The normalized spacial score (nSPS) is 21.2. The number of oxime groups is 1. The van der Waals surface area contributed by atoms with Crippen molar-refractivity contribution in [3.05, 3.63) is 29.6 Å². The molecule has 2 rings (SSSR count). The number of nitrogens with zero attached hydrogens (tertiary/aromatic N) is 1. The van der Waals surface area contributed by atoms with E-state index in [0.29, 0.717) is 0 Å². The van der Waals surface area contributed by atoms with Crippen molar-refractivity contribution in [2.75, 3.05) is 16.8 Å². The third-order valence-corrected chi connectivity index (χ3v) is 4.99. The lowest BCUT2D eigenvalue weighted by Gasteiger charge is -2.11. The smallest absolute Gasteiger partial charge is 0.228 e. The van der Waals surface area contributed by atoms with E-state index >= 15 is 0 Å². The van der Waals surface area contributed by atoms with Gasteiger partial charge in [0.25, 0.3) is 0 Å². The van der Waals surface area contributed by atoms with Gasteiger partial charge in [-0.3, -0.25) is 4.79 Å². The van der Waals surface area contributed by atoms with E-state index in [9.17, 15) is 17.6 Å². The Kier molecular flexibility index (Phi) is 4.12. The van der Waals surface area contributed by atoms with Gasteiger partial charge in [-0.25, -0.2) is 12.8 Å². The van der Waals surface area contributed by atoms with Gasteiger partial charge >= 0.3 is 0 Å². The highest BCUT2D eigenvalue weighted by atomic mass is 32.2. The van der Waals surface area contributed by atoms with E-state index in [1.54, 1.807) is 0 Å². The Bertz CT molecular complexity index is 702. The van der Waals surface area contributed by atoms with E-state index in [-0.39, 0.29) is 29.2 Å². The van der Waals surface area contributed by atoms with Crippen molar-refractivity contribution in [3.63, 3.8) is 0 Å². The average Bonchev–Trinajstić information content (AvgIpc) is 2.80. The van der Waals surface area contributed by atoms with Crippen molar-refractivity contribution in [1.29, 1.82) is 0 Å². The highest BCUT2D eigenvalue weighted by molar-refractivity contribution is 7.91. The second kappa shape index (κ2) is 5.68. The van der Waals surface area contributed by atoms with Gasteiger partial charge in [0.05, 0.1) is 23.0 Å². The molecule has 21 heavy (non-hydrogen) atoms. The Morgan fingerprint density at radius 1 is 1.48 bits per heavy atom. The standard InChI is InChI=1S/C12H14FN3O4S/c13-10-2-1-8(5-9(10)11(14)16-18)15-12(17)7-3-4-21(19,20)6-7/h1-2,5,7,18H,3-4,6H2,(H2,14,16)(H,15,17). The summed E-state index contributed by atoms with van der Waals surface area (Å²) in [7, 11) is -3.16. The zero-order chi connectivity index (χ0) is 15.6. The fraction of sp³-hybridized carbons (Fsp3) is 0.333. The average molecular weight is 315 g/mol. The second-order valence-electron chi connectivity index (χ2n) is 4.77. The minimum Gasteiger partial charge on any atom is -0.409 e. The molecule has 1 fully saturated rings. The number of anilines is 1. The molecule has 9 heteroatoms. The van der Waals surface area contributed by atoms with Crippen LogP contribution in [0.1, 0.15) is 12.0 Å². The van der Waals surface area contributed by atoms with Gasteiger partial charge in [0.1, 0.15) is 5.82 Å². The zero-order valence-electron chi connectivity index (χ0n) is 10.9. The fourth-order valence-corrected chi connectivity index (χ4v) is 3.84. The van der Waals surface area contributed by atoms with Crippen molar-refractivity contribution in [2.24, 2.45) is 16.8 Å². The SMILES string of the molecule is NC(=NO)c1cc(NC(=O)C2CCS(=O)(=O)C2)ccc1F. The van der Waals surface area contributed by atoms with Crippen LogP contribution in [-0.4, -0.2) is 36.9 Å². The van der Waals surface area contributed by atoms with E-state index in [4.69, 9.17) is 10.9 Å². The maximum Gasteiger partial charge on any atom is 0.228 e. The first-order valence-electron chi connectivity index (χ1n) is 6.11. The van der Waals surface area contributed by atoms with Crippen LogP contribution in [0.3, 0.4) is 0 Å². The number of hydrogen-bond donors (Lipinski definition) is 3. The molecule has 1 saturated heterocycles. The van der Waals surface area contributed by atoms with Crippen LogP contribution in [0.25, 0.3) is 0 Å². The molecule has 1 unspecified atom stereocenters. The van der Waals surface area contributed by atoms with E-state index in [1.807, 2.05) is 0 Å². The van der Waals surface area contributed by atoms with Crippen molar-refractivity contribution >= 4 is 27.3 Å². The molecule has 1 atom stereocenters. The quantitative estimate of drug-likeness (QED) is 0.320. The zero-order valence-corrected chi connectivity index (χ0v) is 11.7. The van der Waals surface area contributed by atoms with Gasteiger partial charge in [-0.05, 0) is 24.6 Å². The summed E-state index contributed by atoms with van der Waals surface area (Å²) in [6, 6.07) is 3.59. The summed E-state index contributed by atoms with van der Waals surface area (Å²) in [4.78, 5) is 12.0. The molecule has 4 N–H and O–H groups in total. The van der Waals surface area contributed by atoms with Gasteiger partial charge in [0.2, 0.25) is 5.91 Å². The predicted molar refractivity (Wildman–Crippen MR) is 74.3 cm³/mol. The number of benzene rings is 1. The number of rotatable bonds is 3. The van der Waals surface area contributed by atoms with Gasteiger partial charge in [0, 0.05) is 5.69 Å². The lowest BCUT2D eigenvalue weighted by molar-refractivity contribution is -0.119. The van der Waals surface area contributed by atoms with E-state index in [1.165, 1.54) is 12.1 Å². The summed E-state index contributed by atoms with van der Waals surface area (Å²) in [5, 5.41) is 13.8. The third-order valence-electron chi connectivity index (χ3n) is 3.22. The molecule has 0 radical (unpaired) electrons. The molecule has 0 spiro atoms. The number of nitrogens with one attached hydrogen (secondary N) is 1. The molecule has 0 saturated carbocycles. The third kappa shape index (κ3) is 3.48. The Hall–Kier alpha value is -2.16. The molecule has 1 heterocycles. The number of sulfone groups is 1. The van der Waals surface area contributed by atoms with E-state index in [0.717, 1.165) is 6.07 Å². The molecule has 1 amide bonds. The van der Waals surface area contributed by atoms with Crippen LogP contribution < -0.4 is 11.1 Å². The van der Waals surface area contributed by atoms with Gasteiger partial charge in [-0.2, -0.15) is 0 Å². The molecule has 1 aromatic rings. The molecule has 7 nitrogen and oxygen atoms in total. The summed E-state index contributed by atoms with van der Waals surface area (Å²) in [6.07, 6.45) is 0.266. The minimum atomic E-state index is -3.16. The van der Waals surface area contributed by atoms with Crippen molar-refractivity contribution in [2.45, 2.75) is 6.42 Å². The van der Waals surface area contributed by atoms with Crippen molar-refractivity contribution in [1.82, 2.24) is 0 Å². The lowest BCUT2D eigenvalue weighted by Crippen LogP contribution is -2.24. The fourth-order valence-electron chi connectivity index (χ4n) is 2.10. The van der Waals surface area contributed by atoms with E-state index < -0.39 is 33.3 Å². The van der Waals surface area contributed by atoms with Crippen LogP contribution in [0, 0.1) is 11.7 Å². The summed E-state index contributed by atoms with van der Waals surface area (Å²) < 4.78 is 36.2. The first-order chi connectivity index (χ1) is 9.82. The first kappa shape index (κ1) is 15.2. The van der Waals surface area contributed by atoms with Crippen LogP contribution >= 0.6 is 0 Å². The Balaban J connectivity index is 2.15. The topological polar surface area (TPSA) is 122 Å². The summed E-state index contributed by atoms with van der Waals surface area (Å²) in [5.41, 5.74) is 5.41. The molecular formula is C12H14FN3O4S. The van der Waals surface area contributed by atoms with Crippen LogP contribution in [0.5, 0.6) is 0 Å². The van der Waals surface area contributed by atoms with Gasteiger partial charge < -0.3 is 16.3 Å². The number of nitrogens with two attached hydrogens (primary N) is 1. The highest BCUT2D eigenvalue weighted by Gasteiger charge is 2.33. The van der Waals surface area contributed by atoms with Crippen molar-refractivity contribution < 1.29 is 22.8 Å². The minimum absolute atomic E-state index is 0.0100. The van der Waals surface area contributed by atoms with Gasteiger partial charge in [-0.1, -0.05) is 5.16 Å². The molecule has 0 bridgehead atoms. The predicted octanol–water partition coefficient (Wildman–Crippen LogP) is 0.293. The number of halogens is 1. The molecule has 0 aliphatic carbocycles. The molecule has 1 aliphatic rings.